The quantitative estimate of drug-likeness (QED) is 0.658. The Bertz CT molecular complexity index is 841. The number of amides is 1. The molecular formula is C12H8F3N3O4S. The molecule has 2 aromatic rings. The number of carbonyl (C=O) groups excluding carboxylic acids is 1. The lowest BCUT2D eigenvalue weighted by Crippen LogP contribution is -2.21. The van der Waals surface area contributed by atoms with Crippen LogP contribution in [0.1, 0.15) is 20.1 Å². The number of aryl methyl sites for hydroxylation is 1. The number of alkyl halides is 3. The van der Waals surface area contributed by atoms with Crippen LogP contribution in [0.3, 0.4) is 0 Å². The lowest BCUT2D eigenvalue weighted by atomic mass is 10.2. The van der Waals surface area contributed by atoms with E-state index in [1.165, 1.54) is 6.92 Å². The molecule has 0 bridgehead atoms. The van der Waals surface area contributed by atoms with Gasteiger partial charge in [-0.3, -0.25) is 19.7 Å². The van der Waals surface area contributed by atoms with Gasteiger partial charge in [-0.05, 0) is 13.0 Å². The Morgan fingerprint density at radius 2 is 2.04 bits per heavy atom. The van der Waals surface area contributed by atoms with Gasteiger partial charge in [-0.2, -0.15) is 13.2 Å². The highest BCUT2D eigenvalue weighted by atomic mass is 32.1. The molecule has 1 amide bonds. The summed E-state index contributed by atoms with van der Waals surface area (Å²) in [4.78, 5) is 35.5. The molecule has 2 rings (SSSR count). The van der Waals surface area contributed by atoms with Gasteiger partial charge in [-0.25, -0.2) is 0 Å². The van der Waals surface area contributed by atoms with Crippen LogP contribution in [0.5, 0.6) is 0 Å². The average molecular weight is 347 g/mol. The number of thiophene rings is 1. The van der Waals surface area contributed by atoms with E-state index in [1.54, 1.807) is 0 Å². The number of pyridine rings is 1. The summed E-state index contributed by atoms with van der Waals surface area (Å²) in [7, 11) is 0. The molecule has 0 saturated heterocycles. The molecule has 0 spiro atoms. The van der Waals surface area contributed by atoms with E-state index in [2.05, 4.69) is 0 Å². The number of H-pyrrole nitrogens is 1. The second-order valence-corrected chi connectivity index (χ2v) is 5.65. The molecule has 0 radical (unpaired) electrons. The Morgan fingerprint density at radius 1 is 1.39 bits per heavy atom. The lowest BCUT2D eigenvalue weighted by molar-refractivity contribution is -0.385. The summed E-state index contributed by atoms with van der Waals surface area (Å²) < 4.78 is 37.8. The van der Waals surface area contributed by atoms with Crippen molar-refractivity contribution in [1.82, 2.24) is 4.98 Å². The van der Waals surface area contributed by atoms with Crippen LogP contribution < -0.4 is 10.9 Å². The number of nitrogens with one attached hydrogen (secondary N) is 2. The highest BCUT2D eigenvalue weighted by Gasteiger charge is 2.31. The number of anilines is 1. The van der Waals surface area contributed by atoms with Crippen LogP contribution >= 0.6 is 11.3 Å². The summed E-state index contributed by atoms with van der Waals surface area (Å²) in [6, 6.07) is 1.49. The summed E-state index contributed by atoms with van der Waals surface area (Å²) in [6.07, 6.45) is -4.21. The first kappa shape index (κ1) is 16.7. The maximum atomic E-state index is 12.6. The Hall–Kier alpha value is -2.69. The number of halogens is 3. The van der Waals surface area contributed by atoms with Crippen molar-refractivity contribution >= 4 is 28.6 Å². The molecule has 0 aliphatic carbocycles. The molecule has 0 fully saturated rings. The van der Waals surface area contributed by atoms with Crippen LogP contribution in [0.15, 0.2) is 23.1 Å². The third-order valence-electron chi connectivity index (χ3n) is 2.79. The second-order valence-electron chi connectivity index (χ2n) is 4.39. The molecule has 0 unspecified atom stereocenters. The second kappa shape index (κ2) is 5.83. The summed E-state index contributed by atoms with van der Waals surface area (Å²) in [5.74, 6) is -0.906. The summed E-state index contributed by atoms with van der Waals surface area (Å²) in [5.41, 5.74) is -2.94. The number of aromatic nitrogens is 1. The minimum Gasteiger partial charge on any atom is -0.327 e. The molecule has 0 aliphatic heterocycles. The van der Waals surface area contributed by atoms with Crippen molar-refractivity contribution in [2.75, 3.05) is 5.32 Å². The van der Waals surface area contributed by atoms with Crippen molar-refractivity contribution in [3.8, 4) is 0 Å². The Labute approximate surface area is 129 Å². The first-order chi connectivity index (χ1) is 10.6. The zero-order chi connectivity index (χ0) is 17.4. The number of hydrogen-bond acceptors (Lipinski definition) is 5. The molecule has 7 nitrogen and oxygen atoms in total. The molecule has 11 heteroatoms. The smallest absolute Gasteiger partial charge is 0.327 e. The van der Waals surface area contributed by atoms with Gasteiger partial charge in [0.1, 0.15) is 5.69 Å². The molecule has 2 N–H and O–H groups in total. The monoisotopic (exact) mass is 347 g/mol. The van der Waals surface area contributed by atoms with Crippen molar-refractivity contribution < 1.29 is 22.9 Å². The first-order valence-electron chi connectivity index (χ1n) is 5.95. The predicted molar refractivity (Wildman–Crippen MR) is 75.7 cm³/mol. The van der Waals surface area contributed by atoms with Crippen molar-refractivity contribution in [2.45, 2.75) is 13.1 Å². The molecular weight excluding hydrogens is 339 g/mol. The van der Waals surface area contributed by atoms with Gasteiger partial charge >= 0.3 is 6.18 Å². The van der Waals surface area contributed by atoms with E-state index in [4.69, 9.17) is 0 Å². The zero-order valence-corrected chi connectivity index (χ0v) is 12.2. The van der Waals surface area contributed by atoms with Gasteiger partial charge < -0.3 is 10.3 Å². The van der Waals surface area contributed by atoms with Crippen LogP contribution in [0.4, 0.5) is 24.5 Å². The summed E-state index contributed by atoms with van der Waals surface area (Å²) in [5, 5.41) is 12.7. The van der Waals surface area contributed by atoms with E-state index in [1.807, 2.05) is 10.3 Å². The largest absolute Gasteiger partial charge is 0.417 e. The number of nitro groups is 1. The average Bonchev–Trinajstić information content (AvgIpc) is 2.82. The van der Waals surface area contributed by atoms with Gasteiger partial charge in [0.05, 0.1) is 20.2 Å². The minimum atomic E-state index is -4.69. The summed E-state index contributed by atoms with van der Waals surface area (Å²) >= 11 is 0.797. The van der Waals surface area contributed by atoms with Gasteiger partial charge in [0.15, 0.2) is 0 Å². The van der Waals surface area contributed by atoms with E-state index >= 15 is 0 Å². The topological polar surface area (TPSA) is 105 Å². The third kappa shape index (κ3) is 3.56. The molecule has 0 atom stereocenters. The molecule has 0 aromatic carbocycles. The highest BCUT2D eigenvalue weighted by Crippen LogP contribution is 2.30. The number of rotatable bonds is 3. The van der Waals surface area contributed by atoms with Crippen molar-refractivity contribution in [3.63, 3.8) is 0 Å². The number of hydrogen-bond donors (Lipinski definition) is 2. The van der Waals surface area contributed by atoms with Crippen LogP contribution in [-0.4, -0.2) is 15.8 Å². The van der Waals surface area contributed by atoms with Crippen molar-refractivity contribution in [3.05, 3.63) is 54.1 Å². The third-order valence-corrected chi connectivity index (χ3v) is 3.83. The Kier molecular flexibility index (Phi) is 4.23. The molecule has 2 aromatic heterocycles. The van der Waals surface area contributed by atoms with E-state index in [0.29, 0.717) is 12.3 Å². The van der Waals surface area contributed by atoms with E-state index < -0.39 is 33.8 Å². The van der Waals surface area contributed by atoms with Crippen LogP contribution in [0.2, 0.25) is 0 Å². The van der Waals surface area contributed by atoms with Gasteiger partial charge in [-0.15, -0.1) is 11.3 Å². The van der Waals surface area contributed by atoms with Gasteiger partial charge in [0.2, 0.25) is 0 Å². The van der Waals surface area contributed by atoms with Crippen molar-refractivity contribution in [1.29, 1.82) is 0 Å². The molecule has 0 saturated carbocycles. The van der Waals surface area contributed by atoms with Crippen LogP contribution in [-0.2, 0) is 6.18 Å². The number of nitrogens with zero attached hydrogens (tertiary/aromatic N) is 1. The fourth-order valence-corrected chi connectivity index (χ4v) is 2.57. The number of aromatic amines is 1. The fraction of sp³-hybridized carbons (Fsp3) is 0.167. The van der Waals surface area contributed by atoms with Gasteiger partial charge in [-0.1, -0.05) is 0 Å². The minimum absolute atomic E-state index is 0.0917. The molecule has 122 valence electrons. The van der Waals surface area contributed by atoms with E-state index in [0.717, 1.165) is 17.4 Å². The normalized spacial score (nSPS) is 11.3. The summed E-state index contributed by atoms with van der Waals surface area (Å²) in [6.45, 7) is 1.43. The Morgan fingerprint density at radius 3 is 2.57 bits per heavy atom. The SMILES string of the molecule is Cc1sc(C(=O)Nc2cc(C(F)(F)F)c[nH]c2=O)cc1[N+](=O)[O-]. The Balaban J connectivity index is 2.32. The van der Waals surface area contributed by atoms with Crippen molar-refractivity contribution in [2.24, 2.45) is 0 Å². The fourth-order valence-electron chi connectivity index (χ4n) is 1.69. The molecule has 0 aliphatic rings. The van der Waals surface area contributed by atoms with Crippen LogP contribution in [0, 0.1) is 17.0 Å². The number of carbonyl (C=O) groups is 1. The lowest BCUT2D eigenvalue weighted by Gasteiger charge is -2.08. The highest BCUT2D eigenvalue weighted by molar-refractivity contribution is 7.14. The first-order valence-corrected chi connectivity index (χ1v) is 6.77. The van der Waals surface area contributed by atoms with E-state index in [-0.39, 0.29) is 15.4 Å². The maximum Gasteiger partial charge on any atom is 0.417 e. The van der Waals surface area contributed by atoms with Gasteiger partial charge in [0.25, 0.3) is 17.2 Å². The van der Waals surface area contributed by atoms with Gasteiger partial charge in [0, 0.05) is 12.3 Å². The molecule has 23 heavy (non-hydrogen) atoms. The molecule has 2 heterocycles. The standard InChI is InChI=1S/C12H8F3N3O4S/c1-5-8(18(21)22)3-9(23-5)11(20)17-7-2-6(12(13,14)15)4-16-10(7)19/h2-4H,1H3,(H,16,19)(H,17,20). The predicted octanol–water partition coefficient (Wildman–Crippen LogP) is 2.92. The zero-order valence-electron chi connectivity index (χ0n) is 11.4. The maximum absolute atomic E-state index is 12.6. The van der Waals surface area contributed by atoms with Crippen LogP contribution in [0.25, 0.3) is 0 Å². The van der Waals surface area contributed by atoms with E-state index in [9.17, 15) is 32.9 Å².